The minimum Gasteiger partial charge on any atom is -0.481 e. The summed E-state index contributed by atoms with van der Waals surface area (Å²) >= 11 is 0. The van der Waals surface area contributed by atoms with Crippen LogP contribution in [0.5, 0.6) is 0 Å². The molecule has 7 nitrogen and oxygen atoms in total. The molecule has 0 aliphatic carbocycles. The summed E-state index contributed by atoms with van der Waals surface area (Å²) in [4.78, 5) is 21.9. The average molecular weight is 320 g/mol. The van der Waals surface area contributed by atoms with Gasteiger partial charge in [0, 0.05) is 12.8 Å². The molecule has 1 rings (SSSR count). The van der Waals surface area contributed by atoms with E-state index in [1.807, 2.05) is 0 Å². The van der Waals surface area contributed by atoms with Crippen molar-refractivity contribution in [3.63, 3.8) is 0 Å². The van der Waals surface area contributed by atoms with E-state index in [1.54, 1.807) is 24.3 Å². The second kappa shape index (κ2) is 10.5. The molecule has 124 valence electrons. The summed E-state index contributed by atoms with van der Waals surface area (Å²) in [7, 11) is -1.54. The number of hydrazone groups is 1. The van der Waals surface area contributed by atoms with Crippen LogP contribution in [0.2, 0.25) is 0 Å². The molecule has 0 saturated heterocycles. The van der Waals surface area contributed by atoms with E-state index in [0.717, 1.165) is 12.8 Å². The van der Waals surface area contributed by atoms with Crippen LogP contribution in [0, 0.1) is 0 Å². The number of carbonyl (C=O) groups excluding carboxylic acids is 1. The van der Waals surface area contributed by atoms with Gasteiger partial charge in [0.25, 0.3) is 0 Å². The molecule has 4 N–H and O–H groups in total. The SMILES string of the molecule is O=C(O)CCCCCCC(=O)N/N=C/c1cccc(B(O)O)c1. The molecule has 0 radical (unpaired) electrons. The summed E-state index contributed by atoms with van der Waals surface area (Å²) < 4.78 is 0. The van der Waals surface area contributed by atoms with E-state index in [4.69, 9.17) is 15.2 Å². The Morgan fingerprint density at radius 3 is 2.48 bits per heavy atom. The van der Waals surface area contributed by atoms with Crippen molar-refractivity contribution in [1.82, 2.24) is 5.43 Å². The Hall–Kier alpha value is -2.19. The molecule has 23 heavy (non-hydrogen) atoms. The van der Waals surface area contributed by atoms with Gasteiger partial charge in [0.15, 0.2) is 0 Å². The van der Waals surface area contributed by atoms with Crippen LogP contribution in [0.1, 0.15) is 44.1 Å². The van der Waals surface area contributed by atoms with Gasteiger partial charge in [-0.3, -0.25) is 9.59 Å². The standard InChI is InChI=1S/C15H21BN2O5/c19-14(8-3-1-2-4-9-15(20)21)18-17-11-12-6-5-7-13(10-12)16(22)23/h5-7,10-11,22-23H,1-4,8-9H2,(H,18,19)(H,20,21)/b17-11+. The largest absolute Gasteiger partial charge is 0.488 e. The minimum absolute atomic E-state index is 0.165. The fourth-order valence-electron chi connectivity index (χ4n) is 1.95. The molecule has 0 aliphatic heterocycles. The maximum Gasteiger partial charge on any atom is 0.488 e. The monoisotopic (exact) mass is 320 g/mol. The van der Waals surface area contributed by atoms with Crippen LogP contribution >= 0.6 is 0 Å². The molecule has 1 aromatic rings. The van der Waals surface area contributed by atoms with Crippen molar-refractivity contribution in [1.29, 1.82) is 0 Å². The van der Waals surface area contributed by atoms with E-state index >= 15 is 0 Å². The first-order valence-electron chi connectivity index (χ1n) is 7.49. The van der Waals surface area contributed by atoms with Crippen LogP contribution in [0.25, 0.3) is 0 Å². The summed E-state index contributed by atoms with van der Waals surface area (Å²) in [6.45, 7) is 0. The van der Waals surface area contributed by atoms with Gasteiger partial charge >= 0.3 is 13.1 Å². The number of hydrogen-bond acceptors (Lipinski definition) is 5. The Labute approximate surface area is 135 Å². The molecule has 0 heterocycles. The van der Waals surface area contributed by atoms with Gasteiger partial charge in [-0.2, -0.15) is 5.10 Å². The van der Waals surface area contributed by atoms with Gasteiger partial charge in [0.1, 0.15) is 0 Å². The first-order valence-corrected chi connectivity index (χ1v) is 7.49. The number of amides is 1. The van der Waals surface area contributed by atoms with E-state index in [-0.39, 0.29) is 12.3 Å². The normalized spacial score (nSPS) is 10.7. The Morgan fingerprint density at radius 1 is 1.13 bits per heavy atom. The number of benzene rings is 1. The number of carbonyl (C=O) groups is 2. The third-order valence-electron chi connectivity index (χ3n) is 3.16. The smallest absolute Gasteiger partial charge is 0.481 e. The van der Waals surface area contributed by atoms with Gasteiger partial charge in [-0.25, -0.2) is 5.43 Å². The van der Waals surface area contributed by atoms with Crippen LogP contribution in [0.15, 0.2) is 29.4 Å². The van der Waals surface area contributed by atoms with Crippen molar-refractivity contribution < 1.29 is 24.7 Å². The molecule has 0 spiro atoms. The van der Waals surface area contributed by atoms with Gasteiger partial charge in [-0.05, 0) is 23.9 Å². The highest BCUT2D eigenvalue weighted by molar-refractivity contribution is 6.58. The van der Waals surface area contributed by atoms with E-state index in [9.17, 15) is 9.59 Å². The first-order chi connectivity index (χ1) is 11.0. The second-order valence-corrected chi connectivity index (χ2v) is 5.14. The third-order valence-corrected chi connectivity index (χ3v) is 3.16. The van der Waals surface area contributed by atoms with Gasteiger partial charge in [-0.1, -0.05) is 37.1 Å². The highest BCUT2D eigenvalue weighted by Crippen LogP contribution is 2.05. The van der Waals surface area contributed by atoms with Gasteiger partial charge in [0.2, 0.25) is 5.91 Å². The Kier molecular flexibility index (Phi) is 8.63. The second-order valence-electron chi connectivity index (χ2n) is 5.14. The molecule has 0 aromatic heterocycles. The molecule has 8 heteroatoms. The molecule has 1 amide bonds. The van der Waals surface area contributed by atoms with Crippen LogP contribution in [-0.4, -0.2) is 40.4 Å². The molecular formula is C15H21BN2O5. The predicted molar refractivity (Wildman–Crippen MR) is 87.3 cm³/mol. The molecule has 0 saturated carbocycles. The maximum absolute atomic E-state index is 11.6. The number of hydrogen-bond donors (Lipinski definition) is 4. The lowest BCUT2D eigenvalue weighted by Gasteiger charge is -2.01. The van der Waals surface area contributed by atoms with Crippen molar-refractivity contribution in [2.75, 3.05) is 0 Å². The zero-order valence-corrected chi connectivity index (χ0v) is 12.8. The van der Waals surface area contributed by atoms with Crippen molar-refractivity contribution in [3.8, 4) is 0 Å². The molecule has 0 fully saturated rings. The van der Waals surface area contributed by atoms with Crippen molar-refractivity contribution >= 4 is 30.7 Å². The van der Waals surface area contributed by atoms with Crippen LogP contribution < -0.4 is 10.9 Å². The van der Waals surface area contributed by atoms with E-state index < -0.39 is 13.1 Å². The lowest BCUT2D eigenvalue weighted by atomic mass is 9.80. The lowest BCUT2D eigenvalue weighted by molar-refractivity contribution is -0.137. The summed E-state index contributed by atoms with van der Waals surface area (Å²) in [5.41, 5.74) is 3.39. The Morgan fingerprint density at radius 2 is 1.83 bits per heavy atom. The van der Waals surface area contributed by atoms with Crippen LogP contribution in [0.3, 0.4) is 0 Å². The fourth-order valence-corrected chi connectivity index (χ4v) is 1.95. The van der Waals surface area contributed by atoms with Crippen molar-refractivity contribution in [2.45, 2.75) is 38.5 Å². The molecule has 1 aromatic carbocycles. The molecular weight excluding hydrogens is 299 g/mol. The number of rotatable bonds is 10. The number of carboxylic acids is 1. The summed E-state index contributed by atoms with van der Waals surface area (Å²) in [5.74, 6) is -1.01. The quantitative estimate of drug-likeness (QED) is 0.213. The summed E-state index contributed by atoms with van der Waals surface area (Å²) in [6, 6.07) is 6.52. The van der Waals surface area contributed by atoms with Gasteiger partial charge in [-0.15, -0.1) is 0 Å². The van der Waals surface area contributed by atoms with Gasteiger partial charge < -0.3 is 15.2 Å². The van der Waals surface area contributed by atoms with Gasteiger partial charge in [0.05, 0.1) is 6.21 Å². The zero-order chi connectivity index (χ0) is 17.1. The Bertz CT molecular complexity index is 548. The number of unbranched alkanes of at least 4 members (excludes halogenated alkanes) is 3. The molecule has 0 bridgehead atoms. The Balaban J connectivity index is 2.22. The fraction of sp³-hybridized carbons (Fsp3) is 0.400. The highest BCUT2D eigenvalue weighted by Gasteiger charge is 2.09. The molecule has 0 unspecified atom stereocenters. The number of aliphatic carboxylic acids is 1. The predicted octanol–water partition coefficient (Wildman–Crippen LogP) is 0.242. The number of nitrogens with one attached hydrogen (secondary N) is 1. The van der Waals surface area contributed by atoms with E-state index in [0.29, 0.717) is 30.3 Å². The zero-order valence-electron chi connectivity index (χ0n) is 12.8. The lowest BCUT2D eigenvalue weighted by Crippen LogP contribution is -2.29. The summed E-state index contributed by atoms with van der Waals surface area (Å²) in [5, 5.41) is 30.4. The van der Waals surface area contributed by atoms with Crippen molar-refractivity contribution in [2.24, 2.45) is 5.10 Å². The highest BCUT2D eigenvalue weighted by atomic mass is 16.4. The van der Waals surface area contributed by atoms with E-state index in [1.165, 1.54) is 6.21 Å². The molecule has 0 aliphatic rings. The first kappa shape index (κ1) is 18.9. The summed E-state index contributed by atoms with van der Waals surface area (Å²) in [6.07, 6.45) is 4.84. The third kappa shape index (κ3) is 8.75. The maximum atomic E-state index is 11.6. The van der Waals surface area contributed by atoms with Crippen LogP contribution in [-0.2, 0) is 9.59 Å². The number of carboxylic acid groups (broad SMARTS) is 1. The molecule has 0 atom stereocenters. The van der Waals surface area contributed by atoms with Crippen LogP contribution in [0.4, 0.5) is 0 Å². The van der Waals surface area contributed by atoms with Crippen molar-refractivity contribution in [3.05, 3.63) is 29.8 Å². The minimum atomic E-state index is -1.54. The van der Waals surface area contributed by atoms with E-state index in [2.05, 4.69) is 10.5 Å². The topological polar surface area (TPSA) is 119 Å². The number of nitrogens with zero attached hydrogens (tertiary/aromatic N) is 1. The average Bonchev–Trinajstić information content (AvgIpc) is 2.50.